The average molecular weight is 621 g/mol. The minimum atomic E-state index is -0.693. The Morgan fingerprint density at radius 2 is 1.23 bits per heavy atom. The largest absolute Gasteiger partial charge is 0.464 e. The Bertz CT molecular complexity index is 1090. The van der Waals surface area contributed by atoms with Crippen LogP contribution >= 0.6 is 0 Å². The van der Waals surface area contributed by atoms with Crippen LogP contribution in [0.1, 0.15) is 120 Å². The SMILES string of the molecule is CC(C)(C)OC(=O)N1CCC[C@H]1C(=O)OC[C@@H]1[C@H](OC(=O)[C@@H]2CCCN2C(=O)OC(C)(C)C)CC[C@@H]2C(C)(C)CCC[C@@]12C. The molecule has 0 radical (unpaired) electrons. The highest BCUT2D eigenvalue weighted by atomic mass is 16.6. The number of ether oxygens (including phenoxy) is 4. The van der Waals surface area contributed by atoms with E-state index in [9.17, 15) is 19.2 Å². The monoisotopic (exact) mass is 620 g/mol. The van der Waals surface area contributed by atoms with Crippen molar-refractivity contribution >= 4 is 24.1 Å². The summed E-state index contributed by atoms with van der Waals surface area (Å²) in [5, 5.41) is 0. The fraction of sp³-hybridized carbons (Fsp3) is 0.882. The summed E-state index contributed by atoms with van der Waals surface area (Å²) in [4.78, 5) is 55.9. The normalized spacial score (nSPS) is 32.1. The first-order chi connectivity index (χ1) is 20.3. The summed E-state index contributed by atoms with van der Waals surface area (Å²) in [6, 6.07) is -1.39. The van der Waals surface area contributed by atoms with Gasteiger partial charge in [0.25, 0.3) is 0 Å². The van der Waals surface area contributed by atoms with E-state index in [1.165, 1.54) is 9.80 Å². The van der Waals surface area contributed by atoms with E-state index in [1.54, 1.807) is 20.8 Å². The number of hydrogen-bond donors (Lipinski definition) is 0. The van der Waals surface area contributed by atoms with Gasteiger partial charge in [-0.2, -0.15) is 0 Å². The predicted molar refractivity (Wildman–Crippen MR) is 165 cm³/mol. The lowest BCUT2D eigenvalue weighted by Crippen LogP contribution is -2.56. The lowest BCUT2D eigenvalue weighted by molar-refractivity contribution is -0.185. The van der Waals surface area contributed by atoms with Gasteiger partial charge in [0.05, 0.1) is 6.61 Å². The lowest BCUT2D eigenvalue weighted by atomic mass is 9.48. The first-order valence-corrected chi connectivity index (χ1v) is 16.7. The molecule has 4 fully saturated rings. The zero-order valence-corrected chi connectivity index (χ0v) is 28.5. The van der Waals surface area contributed by atoms with E-state index < -0.39 is 53.5 Å². The van der Waals surface area contributed by atoms with Gasteiger partial charge < -0.3 is 18.9 Å². The van der Waals surface area contributed by atoms with Crippen molar-refractivity contribution < 1.29 is 38.1 Å². The molecule has 10 nitrogen and oxygen atoms in total. The third-order valence-corrected chi connectivity index (χ3v) is 10.3. The summed E-state index contributed by atoms with van der Waals surface area (Å²) < 4.78 is 23.5. The number of rotatable bonds is 5. The Labute approximate surface area is 263 Å². The van der Waals surface area contributed by atoms with Gasteiger partial charge in [0, 0.05) is 19.0 Å². The Morgan fingerprint density at radius 1 is 0.705 bits per heavy atom. The molecule has 0 aromatic carbocycles. The molecule has 0 N–H and O–H groups in total. The highest BCUT2D eigenvalue weighted by Crippen LogP contribution is 2.60. The second kappa shape index (κ2) is 12.7. The number of esters is 2. The minimum Gasteiger partial charge on any atom is -0.464 e. The molecule has 44 heavy (non-hydrogen) atoms. The number of likely N-dealkylation sites (tertiary alicyclic amines) is 2. The molecule has 2 amide bonds. The van der Waals surface area contributed by atoms with E-state index >= 15 is 0 Å². The van der Waals surface area contributed by atoms with E-state index in [0.717, 1.165) is 25.7 Å². The van der Waals surface area contributed by atoms with Crippen molar-refractivity contribution in [1.29, 1.82) is 0 Å². The summed E-state index contributed by atoms with van der Waals surface area (Å²) in [7, 11) is 0. The Kier molecular flexibility index (Phi) is 9.92. The minimum absolute atomic E-state index is 0.110. The van der Waals surface area contributed by atoms with Crippen LogP contribution in [0.2, 0.25) is 0 Å². The van der Waals surface area contributed by atoms with Crippen LogP contribution in [0, 0.1) is 22.7 Å². The molecule has 250 valence electrons. The summed E-state index contributed by atoms with van der Waals surface area (Å²) in [6.45, 7) is 18.8. The third-order valence-electron chi connectivity index (χ3n) is 10.3. The first kappa shape index (κ1) is 34.4. The van der Waals surface area contributed by atoms with Gasteiger partial charge in [0.1, 0.15) is 29.4 Å². The van der Waals surface area contributed by atoms with E-state index in [4.69, 9.17) is 18.9 Å². The van der Waals surface area contributed by atoms with Crippen molar-refractivity contribution in [2.75, 3.05) is 19.7 Å². The summed E-state index contributed by atoms with van der Waals surface area (Å²) in [5.74, 6) is -0.678. The molecule has 0 aromatic heterocycles. The van der Waals surface area contributed by atoms with E-state index in [1.807, 2.05) is 20.8 Å². The van der Waals surface area contributed by atoms with Crippen LogP contribution < -0.4 is 0 Å². The van der Waals surface area contributed by atoms with Gasteiger partial charge in [-0.15, -0.1) is 0 Å². The summed E-state index contributed by atoms with van der Waals surface area (Å²) >= 11 is 0. The third kappa shape index (κ3) is 7.64. The number of hydrogen-bond acceptors (Lipinski definition) is 8. The summed E-state index contributed by atoms with van der Waals surface area (Å²) in [6.07, 6.45) is 5.73. The topological polar surface area (TPSA) is 112 Å². The van der Waals surface area contributed by atoms with Crippen molar-refractivity contribution in [3.63, 3.8) is 0 Å². The van der Waals surface area contributed by atoms with Crippen LogP contribution in [0.3, 0.4) is 0 Å². The maximum absolute atomic E-state index is 13.7. The first-order valence-electron chi connectivity index (χ1n) is 16.7. The second-order valence-corrected chi connectivity index (χ2v) is 16.4. The van der Waals surface area contributed by atoms with Crippen LogP contribution in [0.25, 0.3) is 0 Å². The fourth-order valence-electron chi connectivity index (χ4n) is 8.32. The van der Waals surface area contributed by atoms with Crippen molar-refractivity contribution in [2.24, 2.45) is 22.7 Å². The Balaban J connectivity index is 1.51. The lowest BCUT2D eigenvalue weighted by Gasteiger charge is -2.58. The molecular formula is C34H56N2O8. The van der Waals surface area contributed by atoms with Crippen molar-refractivity contribution in [3.05, 3.63) is 0 Å². The molecule has 2 aliphatic carbocycles. The van der Waals surface area contributed by atoms with E-state index in [2.05, 4.69) is 20.8 Å². The van der Waals surface area contributed by atoms with Gasteiger partial charge in [-0.25, -0.2) is 19.2 Å². The smallest absolute Gasteiger partial charge is 0.411 e. The Morgan fingerprint density at radius 3 is 1.75 bits per heavy atom. The molecule has 2 saturated carbocycles. The molecule has 10 heteroatoms. The van der Waals surface area contributed by atoms with Gasteiger partial charge in [0.15, 0.2) is 0 Å². The average Bonchev–Trinajstić information content (AvgIpc) is 3.56. The standard InChI is InChI=1S/C34H56N2O8/c1-31(2,3)43-29(39)35-19-10-13-23(35)27(37)41-21-22-25(15-16-26-33(7,8)17-12-18-34(22,26)9)42-28(38)24-14-11-20-36(24)30(40)44-32(4,5)6/h22-26H,10-21H2,1-9H3/t22-,23+,24+,25-,26-,34+/m1/s1. The van der Waals surface area contributed by atoms with Gasteiger partial charge in [-0.05, 0) is 110 Å². The van der Waals surface area contributed by atoms with Crippen LogP contribution in [0.4, 0.5) is 9.59 Å². The zero-order valence-electron chi connectivity index (χ0n) is 28.5. The van der Waals surface area contributed by atoms with E-state index in [0.29, 0.717) is 51.1 Å². The molecule has 6 atom stereocenters. The van der Waals surface area contributed by atoms with Crippen LogP contribution in [-0.2, 0) is 28.5 Å². The maximum atomic E-state index is 13.7. The molecule has 0 spiro atoms. The van der Waals surface area contributed by atoms with Gasteiger partial charge >= 0.3 is 24.1 Å². The maximum Gasteiger partial charge on any atom is 0.411 e. The Hall–Kier alpha value is -2.52. The molecule has 0 bridgehead atoms. The van der Waals surface area contributed by atoms with Gasteiger partial charge in [-0.3, -0.25) is 9.80 Å². The predicted octanol–water partition coefficient (Wildman–Crippen LogP) is 6.48. The van der Waals surface area contributed by atoms with Crippen molar-refractivity contribution in [1.82, 2.24) is 9.80 Å². The van der Waals surface area contributed by atoms with Crippen LogP contribution in [0.5, 0.6) is 0 Å². The highest BCUT2D eigenvalue weighted by molar-refractivity contribution is 5.83. The van der Waals surface area contributed by atoms with Gasteiger partial charge in [0.2, 0.25) is 0 Å². The van der Waals surface area contributed by atoms with Crippen LogP contribution in [-0.4, -0.2) is 83.0 Å². The van der Waals surface area contributed by atoms with Gasteiger partial charge in [-0.1, -0.05) is 27.2 Å². The van der Waals surface area contributed by atoms with Crippen molar-refractivity contribution in [2.45, 2.75) is 149 Å². The highest BCUT2D eigenvalue weighted by Gasteiger charge is 2.56. The molecule has 0 aromatic rings. The number of fused-ring (bicyclic) bond motifs is 1. The molecule has 0 unspecified atom stereocenters. The molecule has 2 saturated heterocycles. The molecular weight excluding hydrogens is 564 g/mol. The molecule has 2 heterocycles. The number of nitrogens with zero attached hydrogens (tertiary/aromatic N) is 2. The quantitative estimate of drug-likeness (QED) is 0.254. The zero-order chi connectivity index (χ0) is 32.7. The fourth-order valence-corrected chi connectivity index (χ4v) is 8.32. The van der Waals surface area contributed by atoms with Crippen LogP contribution in [0.15, 0.2) is 0 Å². The van der Waals surface area contributed by atoms with Crippen molar-refractivity contribution in [3.8, 4) is 0 Å². The van der Waals surface area contributed by atoms with E-state index in [-0.39, 0.29) is 23.4 Å². The number of carbonyl (C=O) groups excluding carboxylic acids is 4. The molecule has 2 aliphatic heterocycles. The summed E-state index contributed by atoms with van der Waals surface area (Å²) in [5.41, 5.74) is -1.42. The molecule has 4 rings (SSSR count). The number of amides is 2. The molecule has 4 aliphatic rings. The number of carbonyl (C=O) groups is 4. The second-order valence-electron chi connectivity index (χ2n) is 16.4.